The Bertz CT molecular complexity index is 2350. The molecule has 1 atom stereocenters. The second kappa shape index (κ2) is 20.1. The van der Waals surface area contributed by atoms with Crippen LogP contribution in [0.1, 0.15) is 58.7 Å². The van der Waals surface area contributed by atoms with E-state index < -0.39 is 49.6 Å². The first-order valence-electron chi connectivity index (χ1n) is 18.0. The third-order valence-electron chi connectivity index (χ3n) is 8.19. The normalized spacial score (nSPS) is 11.8. The second-order valence-electron chi connectivity index (χ2n) is 12.4. The number of carbonyl (C=O) groups excluding carboxylic acids is 2. The number of phosphoric ester groups is 1. The summed E-state index contributed by atoms with van der Waals surface area (Å²) in [6, 6.07) is 18.5. The molecule has 2 aromatic heterocycles. The Kier molecular flexibility index (Phi) is 14.7. The van der Waals surface area contributed by atoms with Gasteiger partial charge in [0.2, 0.25) is 5.95 Å². The van der Waals surface area contributed by atoms with Crippen molar-refractivity contribution in [3.05, 3.63) is 112 Å². The highest BCUT2D eigenvalue weighted by Gasteiger charge is 2.25. The molecule has 0 fully saturated rings. The van der Waals surface area contributed by atoms with Gasteiger partial charge in [0, 0.05) is 23.4 Å². The molecular weight excluding hydrogens is 775 g/mol. The van der Waals surface area contributed by atoms with Crippen molar-refractivity contribution in [3.8, 4) is 0 Å². The van der Waals surface area contributed by atoms with Gasteiger partial charge in [-0.15, -0.1) is 0 Å². The summed E-state index contributed by atoms with van der Waals surface area (Å²) in [5, 5.41) is 29.4. The van der Waals surface area contributed by atoms with Gasteiger partial charge in [-0.25, -0.2) is 19.3 Å². The van der Waals surface area contributed by atoms with Crippen LogP contribution in [0.4, 0.5) is 23.0 Å². The lowest BCUT2D eigenvalue weighted by molar-refractivity contribution is -0.140. The summed E-state index contributed by atoms with van der Waals surface area (Å²) in [5.41, 5.74) is 2.65. The summed E-state index contributed by atoms with van der Waals surface area (Å²) in [5.74, 6) is -3.58. The largest absolute Gasteiger partial charge is 0.481 e. The van der Waals surface area contributed by atoms with Crippen LogP contribution in [0.2, 0.25) is 0 Å². The molecule has 0 aliphatic carbocycles. The molecular formula is C38H41N8O11P. The van der Waals surface area contributed by atoms with Crippen LogP contribution in [0.25, 0.3) is 11.2 Å². The Labute approximate surface area is 331 Å². The first kappa shape index (κ1) is 42.6. The number of phosphoric acid groups is 1. The number of carbonyl (C=O) groups is 4. The maximum absolute atomic E-state index is 13.3. The minimum absolute atomic E-state index is 0.0219. The van der Waals surface area contributed by atoms with Gasteiger partial charge in [0.15, 0.2) is 11.2 Å². The van der Waals surface area contributed by atoms with Gasteiger partial charge in [-0.3, -0.25) is 37.7 Å². The number of hydrogen-bond donors (Lipinski definition) is 7. The van der Waals surface area contributed by atoms with Gasteiger partial charge < -0.3 is 31.5 Å². The van der Waals surface area contributed by atoms with Crippen LogP contribution in [-0.4, -0.2) is 79.8 Å². The van der Waals surface area contributed by atoms with E-state index in [0.717, 1.165) is 5.56 Å². The number of carboxylic acid groups (broad SMARTS) is 2. The van der Waals surface area contributed by atoms with E-state index in [9.17, 15) is 33.6 Å². The zero-order valence-electron chi connectivity index (χ0n) is 31.4. The van der Waals surface area contributed by atoms with Gasteiger partial charge >= 0.3 is 19.8 Å². The van der Waals surface area contributed by atoms with E-state index in [4.69, 9.17) is 18.7 Å². The number of H-pyrrole nitrogens is 1. The zero-order chi connectivity index (χ0) is 41.7. The molecule has 0 bridgehead atoms. The lowest BCUT2D eigenvalue weighted by Crippen LogP contribution is -2.41. The van der Waals surface area contributed by atoms with Crippen molar-refractivity contribution >= 4 is 65.8 Å². The Morgan fingerprint density at radius 1 is 0.862 bits per heavy atom. The molecule has 0 radical (unpaired) electrons. The highest BCUT2D eigenvalue weighted by atomic mass is 31.2. The van der Waals surface area contributed by atoms with Gasteiger partial charge in [-0.1, -0.05) is 24.3 Å². The molecule has 20 heteroatoms. The first-order chi connectivity index (χ1) is 27.9. The minimum atomic E-state index is -3.61. The number of aromatic amines is 1. The van der Waals surface area contributed by atoms with Crippen LogP contribution in [0, 0.1) is 0 Å². The van der Waals surface area contributed by atoms with Crippen molar-refractivity contribution in [2.45, 2.75) is 45.7 Å². The molecule has 0 saturated heterocycles. The summed E-state index contributed by atoms with van der Waals surface area (Å²) in [6.07, 6.45) is 1.20. The Morgan fingerprint density at radius 3 is 2.22 bits per heavy atom. The number of amides is 2. The van der Waals surface area contributed by atoms with E-state index in [1.807, 2.05) is 0 Å². The topological polar surface area (TPSA) is 273 Å². The van der Waals surface area contributed by atoms with Gasteiger partial charge in [0.1, 0.15) is 6.04 Å². The third-order valence-corrected chi connectivity index (χ3v) is 9.84. The second-order valence-corrected chi connectivity index (χ2v) is 14.0. The maximum atomic E-state index is 13.3. The number of hydrogen-bond acceptors (Lipinski definition) is 14. The summed E-state index contributed by atoms with van der Waals surface area (Å²) < 4.78 is 28.2. The van der Waals surface area contributed by atoms with Crippen LogP contribution in [0.15, 0.2) is 83.8 Å². The van der Waals surface area contributed by atoms with Crippen molar-refractivity contribution in [2.24, 2.45) is 0 Å². The van der Waals surface area contributed by atoms with Gasteiger partial charge in [-0.05, 0) is 80.8 Å². The zero-order valence-corrected chi connectivity index (χ0v) is 32.3. The molecule has 0 saturated carbocycles. The van der Waals surface area contributed by atoms with Crippen molar-refractivity contribution < 1.29 is 47.5 Å². The summed E-state index contributed by atoms with van der Waals surface area (Å²) in [7, 11) is -3.61. The SMILES string of the molecule is CCOP(=O)(OCC)OCCc1ccc(NC(=O)c2ccccc2Nc2nc3ncc(CNc4ccc(C(=O)N[C@@H](CCC(=O)O)C(=O)O)cc4)nc3c(=O)[nH]2)cc1. The van der Waals surface area contributed by atoms with E-state index in [0.29, 0.717) is 29.2 Å². The number of fused-ring (bicyclic) bond motifs is 1. The van der Waals surface area contributed by atoms with E-state index in [1.165, 1.54) is 18.3 Å². The predicted octanol–water partition coefficient (Wildman–Crippen LogP) is 5.11. The van der Waals surface area contributed by atoms with Crippen LogP contribution < -0.4 is 26.8 Å². The molecule has 304 valence electrons. The molecule has 0 unspecified atom stereocenters. The lowest BCUT2D eigenvalue weighted by Gasteiger charge is -2.16. The fourth-order valence-electron chi connectivity index (χ4n) is 5.37. The van der Waals surface area contributed by atoms with E-state index in [-0.39, 0.29) is 61.0 Å². The number of nitrogens with one attached hydrogen (secondary N) is 5. The Balaban J connectivity index is 1.17. The number of aliphatic carboxylic acids is 2. The number of nitrogens with zero attached hydrogens (tertiary/aromatic N) is 3. The molecule has 5 rings (SSSR count). The smallest absolute Gasteiger partial charge is 0.474 e. The first-order valence-corrected chi connectivity index (χ1v) is 19.5. The summed E-state index contributed by atoms with van der Waals surface area (Å²) >= 11 is 0. The number of para-hydroxylation sites is 1. The number of benzene rings is 3. The standard InChI is InChI=1S/C38H41N8O11P/c1-3-55-58(54,56-4-2)57-20-19-23-9-13-26(14-10-23)42-35(50)28-7-5-6-8-29(28)44-38-45-33-32(36(51)46-38)41-27(22-40-33)21-39-25-15-11-24(12-16-25)34(49)43-30(37(52)53)17-18-31(47)48/h5-16,22,30,39H,3-4,17-21H2,1-2H3,(H,42,50)(H,43,49)(H,47,48)(H,52,53)(H2,40,44,45,46,51)/t30-/m0/s1. The predicted molar refractivity (Wildman–Crippen MR) is 212 cm³/mol. The molecule has 19 nitrogen and oxygen atoms in total. The van der Waals surface area contributed by atoms with Crippen LogP contribution >= 0.6 is 7.82 Å². The maximum Gasteiger partial charge on any atom is 0.474 e. The van der Waals surface area contributed by atoms with Crippen molar-refractivity contribution in [1.29, 1.82) is 0 Å². The van der Waals surface area contributed by atoms with Crippen molar-refractivity contribution in [3.63, 3.8) is 0 Å². The van der Waals surface area contributed by atoms with Gasteiger partial charge in [0.25, 0.3) is 17.4 Å². The molecule has 7 N–H and O–H groups in total. The monoisotopic (exact) mass is 816 g/mol. The third kappa shape index (κ3) is 12.0. The molecule has 0 aliphatic rings. The Hall–Kier alpha value is -6.53. The van der Waals surface area contributed by atoms with E-state index in [2.05, 4.69) is 41.2 Å². The molecule has 2 amide bonds. The van der Waals surface area contributed by atoms with E-state index in [1.54, 1.807) is 74.5 Å². The van der Waals surface area contributed by atoms with Crippen LogP contribution in [0.5, 0.6) is 0 Å². The Morgan fingerprint density at radius 2 is 1.55 bits per heavy atom. The number of carboxylic acids is 2. The highest BCUT2D eigenvalue weighted by Crippen LogP contribution is 2.49. The summed E-state index contributed by atoms with van der Waals surface area (Å²) in [6.45, 7) is 4.03. The summed E-state index contributed by atoms with van der Waals surface area (Å²) in [4.78, 5) is 76.9. The van der Waals surface area contributed by atoms with Crippen LogP contribution in [0.3, 0.4) is 0 Å². The number of rotatable bonds is 21. The molecule has 3 aromatic carbocycles. The van der Waals surface area contributed by atoms with Crippen molar-refractivity contribution in [2.75, 3.05) is 35.8 Å². The van der Waals surface area contributed by atoms with Crippen LogP contribution in [-0.2, 0) is 40.7 Å². The minimum Gasteiger partial charge on any atom is -0.481 e. The highest BCUT2D eigenvalue weighted by molar-refractivity contribution is 7.48. The van der Waals surface area contributed by atoms with Gasteiger partial charge in [0.05, 0.1) is 49.5 Å². The average molecular weight is 817 g/mol. The number of aromatic nitrogens is 4. The van der Waals surface area contributed by atoms with Gasteiger partial charge in [-0.2, -0.15) is 4.98 Å². The van der Waals surface area contributed by atoms with E-state index >= 15 is 0 Å². The fourth-order valence-corrected chi connectivity index (χ4v) is 6.54. The molecule has 58 heavy (non-hydrogen) atoms. The quantitative estimate of drug-likeness (QED) is 0.0474. The molecule has 2 heterocycles. The average Bonchev–Trinajstić information content (AvgIpc) is 3.19. The molecule has 0 spiro atoms. The molecule has 5 aromatic rings. The fraction of sp³-hybridized carbons (Fsp3) is 0.263. The number of anilines is 4. The molecule has 0 aliphatic heterocycles. The van der Waals surface area contributed by atoms with Crippen molar-refractivity contribution in [1.82, 2.24) is 25.3 Å². The lowest BCUT2D eigenvalue weighted by atomic mass is 10.1.